The zero-order chi connectivity index (χ0) is 12.8. The number of benzene rings is 1. The number of H-pyrrole nitrogens is 1. The summed E-state index contributed by atoms with van der Waals surface area (Å²) in [4.78, 5) is 13.9. The molecule has 1 heterocycles. The molecule has 5 heteroatoms. The lowest BCUT2D eigenvalue weighted by atomic mass is 10.1. The highest BCUT2D eigenvalue weighted by Crippen LogP contribution is 2.28. The van der Waals surface area contributed by atoms with E-state index >= 15 is 0 Å². The smallest absolute Gasteiger partial charge is 0.351 e. The Bertz CT molecular complexity index is 640. The van der Waals surface area contributed by atoms with E-state index < -0.39 is 17.3 Å². The van der Waals surface area contributed by atoms with Crippen LogP contribution < -0.4 is 5.43 Å². The average Bonchev–Trinajstić information content (AvgIpc) is 2.17. The van der Waals surface area contributed by atoms with Gasteiger partial charge in [0.1, 0.15) is 5.69 Å². The highest BCUT2D eigenvalue weighted by atomic mass is 19.4. The molecule has 0 unspecified atom stereocenters. The molecule has 0 aliphatic rings. The van der Waals surface area contributed by atoms with E-state index in [-0.39, 0.29) is 10.9 Å². The Hall–Kier alpha value is -1.78. The summed E-state index contributed by atoms with van der Waals surface area (Å²) in [5.74, 6) is 0. The van der Waals surface area contributed by atoms with Crippen LogP contribution in [0.3, 0.4) is 0 Å². The molecule has 0 saturated carbocycles. The summed E-state index contributed by atoms with van der Waals surface area (Å²) < 4.78 is 37.6. The fourth-order valence-corrected chi connectivity index (χ4v) is 1.86. The van der Waals surface area contributed by atoms with Crippen LogP contribution in [-0.2, 0) is 6.18 Å². The number of aromatic amines is 1. The number of rotatable bonds is 0. The SMILES string of the molecule is Cc1cc(C)c2[nH]c(C(F)(F)F)cc(=O)c2c1. The van der Waals surface area contributed by atoms with E-state index in [1.807, 2.05) is 0 Å². The van der Waals surface area contributed by atoms with Gasteiger partial charge in [0, 0.05) is 11.5 Å². The molecule has 2 nitrogen and oxygen atoms in total. The number of hydrogen-bond donors (Lipinski definition) is 1. The summed E-state index contributed by atoms with van der Waals surface area (Å²) in [5, 5.41) is 0.288. The van der Waals surface area contributed by atoms with Crippen molar-refractivity contribution >= 4 is 10.9 Å². The summed E-state index contributed by atoms with van der Waals surface area (Å²) >= 11 is 0. The van der Waals surface area contributed by atoms with Gasteiger partial charge in [-0.05, 0) is 31.0 Å². The van der Waals surface area contributed by atoms with Gasteiger partial charge < -0.3 is 4.98 Å². The molecule has 0 bridgehead atoms. The lowest BCUT2D eigenvalue weighted by Crippen LogP contribution is -2.14. The molecule has 0 aliphatic carbocycles. The number of pyridine rings is 1. The number of nitrogens with one attached hydrogen (secondary N) is 1. The minimum atomic E-state index is -4.54. The standard InChI is InChI=1S/C12H10F3NO/c1-6-3-7(2)11-8(4-6)9(17)5-10(16-11)12(13,14)15/h3-5H,1-2H3,(H,16,17). The normalized spacial score (nSPS) is 12.1. The molecule has 0 saturated heterocycles. The average molecular weight is 241 g/mol. The largest absolute Gasteiger partial charge is 0.431 e. The molecule has 2 rings (SSSR count). The van der Waals surface area contributed by atoms with Crippen molar-refractivity contribution in [3.05, 3.63) is 45.2 Å². The maximum Gasteiger partial charge on any atom is 0.431 e. The van der Waals surface area contributed by atoms with E-state index in [4.69, 9.17) is 0 Å². The molecular formula is C12H10F3NO. The van der Waals surface area contributed by atoms with E-state index in [0.717, 1.165) is 5.56 Å². The number of aryl methyl sites for hydroxylation is 2. The van der Waals surface area contributed by atoms with Crippen molar-refractivity contribution in [1.82, 2.24) is 4.98 Å². The minimum absolute atomic E-state index is 0.246. The van der Waals surface area contributed by atoms with Crippen molar-refractivity contribution in [2.24, 2.45) is 0 Å². The number of alkyl halides is 3. The van der Waals surface area contributed by atoms with Crippen molar-refractivity contribution in [2.75, 3.05) is 0 Å². The van der Waals surface area contributed by atoms with Gasteiger partial charge in [0.15, 0.2) is 5.43 Å². The molecule has 0 spiro atoms. The molecule has 1 aromatic carbocycles. The van der Waals surface area contributed by atoms with Gasteiger partial charge in [-0.2, -0.15) is 13.2 Å². The van der Waals surface area contributed by atoms with Gasteiger partial charge in [-0.15, -0.1) is 0 Å². The number of fused-ring (bicyclic) bond motifs is 1. The zero-order valence-corrected chi connectivity index (χ0v) is 9.27. The first-order chi connectivity index (χ1) is 7.79. The summed E-state index contributed by atoms with van der Waals surface area (Å²) in [7, 11) is 0. The lowest BCUT2D eigenvalue weighted by Gasteiger charge is -2.10. The van der Waals surface area contributed by atoms with Crippen molar-refractivity contribution in [3.63, 3.8) is 0 Å². The summed E-state index contributed by atoms with van der Waals surface area (Å²) in [6.45, 7) is 3.47. The fourth-order valence-electron chi connectivity index (χ4n) is 1.86. The lowest BCUT2D eigenvalue weighted by molar-refractivity contribution is -0.141. The first kappa shape index (κ1) is 11.7. The van der Waals surface area contributed by atoms with Crippen LogP contribution in [0.4, 0.5) is 13.2 Å². The first-order valence-corrected chi connectivity index (χ1v) is 5.00. The van der Waals surface area contributed by atoms with E-state index in [9.17, 15) is 18.0 Å². The van der Waals surface area contributed by atoms with Crippen LogP contribution >= 0.6 is 0 Å². The number of halogens is 3. The van der Waals surface area contributed by atoms with Crippen LogP contribution in [0, 0.1) is 13.8 Å². The third-order valence-electron chi connectivity index (χ3n) is 2.59. The molecule has 17 heavy (non-hydrogen) atoms. The van der Waals surface area contributed by atoms with Crippen molar-refractivity contribution in [1.29, 1.82) is 0 Å². The molecule has 0 atom stereocenters. The second-order valence-electron chi connectivity index (χ2n) is 4.05. The Kier molecular flexibility index (Phi) is 2.49. The highest BCUT2D eigenvalue weighted by Gasteiger charge is 2.32. The Morgan fingerprint density at radius 1 is 1.12 bits per heavy atom. The van der Waals surface area contributed by atoms with Gasteiger partial charge in [0.05, 0.1) is 5.52 Å². The summed E-state index contributed by atoms with van der Waals surface area (Å²) in [6.07, 6.45) is -4.54. The van der Waals surface area contributed by atoms with Crippen LogP contribution in [0.5, 0.6) is 0 Å². The molecule has 1 aromatic heterocycles. The minimum Gasteiger partial charge on any atom is -0.351 e. The predicted octanol–water partition coefficient (Wildman–Crippen LogP) is 3.16. The number of aromatic nitrogens is 1. The molecule has 0 radical (unpaired) electrons. The van der Waals surface area contributed by atoms with Gasteiger partial charge >= 0.3 is 6.18 Å². The molecule has 2 aromatic rings. The second kappa shape index (κ2) is 3.61. The molecule has 0 amide bonds. The predicted molar refractivity (Wildman–Crippen MR) is 59.0 cm³/mol. The summed E-state index contributed by atoms with van der Waals surface area (Å²) in [5.41, 5.74) is 0.0960. The maximum absolute atomic E-state index is 12.5. The van der Waals surface area contributed by atoms with Gasteiger partial charge in [-0.25, -0.2) is 0 Å². The summed E-state index contributed by atoms with van der Waals surface area (Å²) in [6, 6.07) is 3.92. The maximum atomic E-state index is 12.5. The third kappa shape index (κ3) is 2.05. The molecule has 0 fully saturated rings. The van der Waals surface area contributed by atoms with Gasteiger partial charge in [-0.3, -0.25) is 4.79 Å². The Balaban J connectivity index is 2.88. The Morgan fingerprint density at radius 2 is 1.76 bits per heavy atom. The van der Waals surface area contributed by atoms with E-state index in [0.29, 0.717) is 11.6 Å². The molecular weight excluding hydrogens is 231 g/mol. The molecule has 1 N–H and O–H groups in total. The van der Waals surface area contributed by atoms with E-state index in [1.165, 1.54) is 0 Å². The van der Waals surface area contributed by atoms with Gasteiger partial charge in [-0.1, -0.05) is 6.07 Å². The van der Waals surface area contributed by atoms with Gasteiger partial charge in [0.2, 0.25) is 0 Å². The van der Waals surface area contributed by atoms with Crippen molar-refractivity contribution in [3.8, 4) is 0 Å². The van der Waals surface area contributed by atoms with Crippen LogP contribution in [0.2, 0.25) is 0 Å². The van der Waals surface area contributed by atoms with Crippen LogP contribution in [0.15, 0.2) is 23.0 Å². The highest BCUT2D eigenvalue weighted by molar-refractivity contribution is 5.82. The Morgan fingerprint density at radius 3 is 2.35 bits per heavy atom. The van der Waals surface area contributed by atoms with Crippen LogP contribution in [0.25, 0.3) is 10.9 Å². The van der Waals surface area contributed by atoms with E-state index in [2.05, 4.69) is 4.98 Å². The first-order valence-electron chi connectivity index (χ1n) is 5.00. The second-order valence-corrected chi connectivity index (χ2v) is 4.05. The topological polar surface area (TPSA) is 32.9 Å². The zero-order valence-electron chi connectivity index (χ0n) is 9.27. The van der Waals surface area contributed by atoms with Gasteiger partial charge in [0.25, 0.3) is 0 Å². The number of hydrogen-bond acceptors (Lipinski definition) is 1. The quantitative estimate of drug-likeness (QED) is 0.755. The Labute approximate surface area is 95.1 Å². The van der Waals surface area contributed by atoms with Crippen LogP contribution in [0.1, 0.15) is 16.8 Å². The van der Waals surface area contributed by atoms with Crippen molar-refractivity contribution in [2.45, 2.75) is 20.0 Å². The monoisotopic (exact) mass is 241 g/mol. The van der Waals surface area contributed by atoms with E-state index in [1.54, 1.807) is 26.0 Å². The molecule has 0 aliphatic heterocycles. The molecule has 90 valence electrons. The van der Waals surface area contributed by atoms with Crippen LogP contribution in [-0.4, -0.2) is 4.98 Å². The third-order valence-corrected chi connectivity index (χ3v) is 2.59. The van der Waals surface area contributed by atoms with Crippen molar-refractivity contribution < 1.29 is 13.2 Å². The fraction of sp³-hybridized carbons (Fsp3) is 0.250.